The molecule has 16 heavy (non-hydrogen) atoms. The standard InChI is InChI=1S/C14H29NO/c1-14(2,16-3)10-12-15-11-9-13-7-5-4-6-8-13/h13,15H,4-12H2,1-3H3. The fourth-order valence-corrected chi connectivity index (χ4v) is 2.40. The van der Waals surface area contributed by atoms with Crippen molar-refractivity contribution >= 4 is 0 Å². The third-order valence-electron chi connectivity index (χ3n) is 3.91. The second-order valence-electron chi connectivity index (χ2n) is 5.76. The van der Waals surface area contributed by atoms with Gasteiger partial charge in [0.25, 0.3) is 0 Å². The predicted octanol–water partition coefficient (Wildman–Crippen LogP) is 3.36. The van der Waals surface area contributed by atoms with E-state index in [-0.39, 0.29) is 5.60 Å². The van der Waals surface area contributed by atoms with Gasteiger partial charge in [-0.2, -0.15) is 0 Å². The minimum atomic E-state index is 0.0256. The van der Waals surface area contributed by atoms with E-state index in [9.17, 15) is 0 Å². The summed E-state index contributed by atoms with van der Waals surface area (Å²) in [5.41, 5.74) is 0.0256. The molecule has 0 unspecified atom stereocenters. The molecule has 0 aromatic heterocycles. The van der Waals surface area contributed by atoms with Crippen molar-refractivity contribution in [3.05, 3.63) is 0 Å². The van der Waals surface area contributed by atoms with E-state index in [0.29, 0.717) is 0 Å². The van der Waals surface area contributed by atoms with Crippen LogP contribution in [0.25, 0.3) is 0 Å². The molecule has 1 N–H and O–H groups in total. The maximum absolute atomic E-state index is 5.39. The van der Waals surface area contributed by atoms with Gasteiger partial charge in [0.2, 0.25) is 0 Å². The fourth-order valence-electron chi connectivity index (χ4n) is 2.40. The van der Waals surface area contributed by atoms with E-state index in [0.717, 1.165) is 18.9 Å². The van der Waals surface area contributed by atoms with Crippen molar-refractivity contribution in [2.45, 2.75) is 64.4 Å². The summed E-state index contributed by atoms with van der Waals surface area (Å²) < 4.78 is 5.39. The Kier molecular flexibility index (Phi) is 6.37. The van der Waals surface area contributed by atoms with Crippen LogP contribution in [-0.2, 0) is 4.74 Å². The van der Waals surface area contributed by atoms with Gasteiger partial charge in [0.05, 0.1) is 5.60 Å². The van der Waals surface area contributed by atoms with Crippen LogP contribution in [0.4, 0.5) is 0 Å². The zero-order valence-corrected chi connectivity index (χ0v) is 11.3. The summed E-state index contributed by atoms with van der Waals surface area (Å²) in [5.74, 6) is 0.997. The maximum atomic E-state index is 5.39. The first-order chi connectivity index (χ1) is 7.64. The molecule has 1 rings (SSSR count). The topological polar surface area (TPSA) is 21.3 Å². The third-order valence-corrected chi connectivity index (χ3v) is 3.91. The summed E-state index contributed by atoms with van der Waals surface area (Å²) in [5, 5.41) is 3.54. The second-order valence-corrected chi connectivity index (χ2v) is 5.76. The van der Waals surface area contributed by atoms with Crippen molar-refractivity contribution in [3.63, 3.8) is 0 Å². The Morgan fingerprint density at radius 3 is 2.44 bits per heavy atom. The summed E-state index contributed by atoms with van der Waals surface area (Å²) >= 11 is 0. The average Bonchev–Trinajstić information content (AvgIpc) is 2.30. The highest BCUT2D eigenvalue weighted by atomic mass is 16.5. The van der Waals surface area contributed by atoms with Crippen molar-refractivity contribution < 1.29 is 4.74 Å². The molecule has 0 amide bonds. The summed E-state index contributed by atoms with van der Waals surface area (Å²) in [4.78, 5) is 0. The first kappa shape index (κ1) is 14.0. The van der Waals surface area contributed by atoms with Crippen LogP contribution in [0, 0.1) is 5.92 Å². The molecule has 96 valence electrons. The largest absolute Gasteiger partial charge is 0.379 e. The molecule has 2 nitrogen and oxygen atoms in total. The molecule has 1 saturated carbocycles. The molecular formula is C14H29NO. The first-order valence-corrected chi connectivity index (χ1v) is 6.90. The minimum Gasteiger partial charge on any atom is -0.379 e. The average molecular weight is 227 g/mol. The monoisotopic (exact) mass is 227 g/mol. The van der Waals surface area contributed by atoms with E-state index in [1.165, 1.54) is 45.1 Å². The molecule has 0 atom stereocenters. The summed E-state index contributed by atoms with van der Waals surface area (Å²) in [6, 6.07) is 0. The van der Waals surface area contributed by atoms with Crippen LogP contribution in [0.5, 0.6) is 0 Å². The summed E-state index contributed by atoms with van der Waals surface area (Å²) in [6.45, 7) is 6.56. The third kappa shape index (κ3) is 5.86. The van der Waals surface area contributed by atoms with Gasteiger partial charge in [-0.05, 0) is 45.7 Å². The Morgan fingerprint density at radius 2 is 1.81 bits per heavy atom. The zero-order valence-electron chi connectivity index (χ0n) is 11.3. The lowest BCUT2D eigenvalue weighted by Crippen LogP contribution is -2.29. The number of rotatable bonds is 7. The lowest BCUT2D eigenvalue weighted by molar-refractivity contribution is 0.0158. The van der Waals surface area contributed by atoms with E-state index >= 15 is 0 Å². The van der Waals surface area contributed by atoms with Crippen LogP contribution in [0.1, 0.15) is 58.8 Å². The fraction of sp³-hybridized carbons (Fsp3) is 1.00. The molecule has 2 heteroatoms. The molecule has 0 spiro atoms. The molecule has 1 fully saturated rings. The number of ether oxygens (including phenoxy) is 1. The van der Waals surface area contributed by atoms with Crippen LogP contribution in [0.15, 0.2) is 0 Å². The highest BCUT2D eigenvalue weighted by Crippen LogP contribution is 2.25. The Morgan fingerprint density at radius 1 is 1.12 bits per heavy atom. The van der Waals surface area contributed by atoms with E-state index in [1.54, 1.807) is 7.11 Å². The van der Waals surface area contributed by atoms with Crippen LogP contribution in [-0.4, -0.2) is 25.8 Å². The highest BCUT2D eigenvalue weighted by molar-refractivity contribution is 4.70. The molecule has 0 saturated heterocycles. The SMILES string of the molecule is COC(C)(C)CCNCCC1CCCCC1. The van der Waals surface area contributed by atoms with Crippen LogP contribution >= 0.6 is 0 Å². The lowest BCUT2D eigenvalue weighted by Gasteiger charge is -2.24. The maximum Gasteiger partial charge on any atom is 0.0634 e. The molecule has 0 radical (unpaired) electrons. The summed E-state index contributed by atoms with van der Waals surface area (Å²) in [6.07, 6.45) is 9.77. The minimum absolute atomic E-state index is 0.0256. The van der Waals surface area contributed by atoms with Crippen LogP contribution in [0.3, 0.4) is 0 Å². The number of methoxy groups -OCH3 is 1. The van der Waals surface area contributed by atoms with Crippen LogP contribution < -0.4 is 5.32 Å². The predicted molar refractivity (Wildman–Crippen MR) is 69.8 cm³/mol. The van der Waals surface area contributed by atoms with Crippen molar-refractivity contribution in [2.24, 2.45) is 5.92 Å². The molecule has 0 heterocycles. The number of hydrogen-bond donors (Lipinski definition) is 1. The number of hydrogen-bond acceptors (Lipinski definition) is 2. The van der Waals surface area contributed by atoms with E-state index < -0.39 is 0 Å². The van der Waals surface area contributed by atoms with E-state index in [2.05, 4.69) is 19.2 Å². The number of nitrogens with one attached hydrogen (secondary N) is 1. The Bertz CT molecular complexity index is 174. The van der Waals surface area contributed by atoms with Crippen molar-refractivity contribution in [2.75, 3.05) is 20.2 Å². The van der Waals surface area contributed by atoms with Gasteiger partial charge in [-0.25, -0.2) is 0 Å². The molecule has 1 aliphatic carbocycles. The highest BCUT2D eigenvalue weighted by Gasteiger charge is 2.15. The van der Waals surface area contributed by atoms with E-state index in [1.807, 2.05) is 0 Å². The molecule has 0 bridgehead atoms. The van der Waals surface area contributed by atoms with Gasteiger partial charge in [0.1, 0.15) is 0 Å². The molecule has 0 aromatic rings. The molecule has 1 aliphatic rings. The summed E-state index contributed by atoms with van der Waals surface area (Å²) in [7, 11) is 1.79. The van der Waals surface area contributed by atoms with Gasteiger partial charge in [-0.3, -0.25) is 0 Å². The first-order valence-electron chi connectivity index (χ1n) is 6.90. The Balaban J connectivity index is 1.95. The van der Waals surface area contributed by atoms with Crippen molar-refractivity contribution in [1.29, 1.82) is 0 Å². The normalized spacial score (nSPS) is 18.9. The molecule has 0 aromatic carbocycles. The van der Waals surface area contributed by atoms with E-state index in [4.69, 9.17) is 4.74 Å². The van der Waals surface area contributed by atoms with Gasteiger partial charge in [0, 0.05) is 7.11 Å². The quantitative estimate of drug-likeness (QED) is 0.673. The zero-order chi connectivity index (χ0) is 11.9. The van der Waals surface area contributed by atoms with Gasteiger partial charge in [0.15, 0.2) is 0 Å². The van der Waals surface area contributed by atoms with Gasteiger partial charge in [-0.15, -0.1) is 0 Å². The molecule has 0 aliphatic heterocycles. The van der Waals surface area contributed by atoms with Crippen LogP contribution in [0.2, 0.25) is 0 Å². The van der Waals surface area contributed by atoms with Gasteiger partial charge >= 0.3 is 0 Å². The lowest BCUT2D eigenvalue weighted by atomic mass is 9.87. The van der Waals surface area contributed by atoms with Gasteiger partial charge in [-0.1, -0.05) is 32.1 Å². The molecular weight excluding hydrogens is 198 g/mol. The smallest absolute Gasteiger partial charge is 0.0634 e. The van der Waals surface area contributed by atoms with Gasteiger partial charge < -0.3 is 10.1 Å². The Labute approximate surface area is 101 Å². The Hall–Kier alpha value is -0.0800. The van der Waals surface area contributed by atoms with Crippen molar-refractivity contribution in [1.82, 2.24) is 5.32 Å². The second kappa shape index (κ2) is 7.29. The van der Waals surface area contributed by atoms with Crippen molar-refractivity contribution in [3.8, 4) is 0 Å².